The average molecular weight is 480 g/mol. The van der Waals surface area contributed by atoms with E-state index in [-0.39, 0.29) is 11.8 Å². The van der Waals surface area contributed by atoms with Gasteiger partial charge in [0.2, 0.25) is 5.75 Å². The maximum absolute atomic E-state index is 13.8. The van der Waals surface area contributed by atoms with E-state index >= 15 is 0 Å². The number of aromatic nitrogens is 1. The summed E-state index contributed by atoms with van der Waals surface area (Å²) in [6.07, 6.45) is 0. The van der Waals surface area contributed by atoms with Crippen molar-refractivity contribution in [1.29, 1.82) is 0 Å². The van der Waals surface area contributed by atoms with E-state index in [4.69, 9.17) is 25.8 Å². The van der Waals surface area contributed by atoms with E-state index in [1.54, 1.807) is 26.2 Å². The number of aromatic amines is 1. The van der Waals surface area contributed by atoms with Crippen molar-refractivity contribution >= 4 is 50.6 Å². The highest BCUT2D eigenvalue weighted by Crippen LogP contribution is 2.46. The number of anilines is 2. The monoisotopic (exact) mass is 479 g/mol. The van der Waals surface area contributed by atoms with Gasteiger partial charge in [-0.2, -0.15) is 0 Å². The molecule has 0 saturated heterocycles. The predicted octanol–water partition coefficient (Wildman–Crippen LogP) is 5.37. The van der Waals surface area contributed by atoms with Crippen LogP contribution < -0.4 is 24.4 Å². The van der Waals surface area contributed by atoms with Gasteiger partial charge >= 0.3 is 0 Å². The molecule has 1 atom stereocenters. The molecule has 0 fully saturated rings. The maximum atomic E-state index is 13.8. The standard InChI is InChI=1S/C26H26ClN3O4/c1-28-18-11-20-22(17-8-6-5-7-16(17)18)15(12-27)13-30(20)26(31)19-9-14-10-21(32-2)24(33-3)25(34-4)23(14)29-19/h5-11,15,28-29H,12-13H2,1-4H3. The smallest absolute Gasteiger partial charge is 0.274 e. The number of nitrogens with zero attached hydrogens (tertiary/aromatic N) is 1. The number of hydrogen-bond donors (Lipinski definition) is 2. The fourth-order valence-electron chi connectivity index (χ4n) is 4.98. The largest absolute Gasteiger partial charge is 0.493 e. The second-order valence-electron chi connectivity index (χ2n) is 8.21. The van der Waals surface area contributed by atoms with Crippen molar-refractivity contribution in [2.75, 3.05) is 51.0 Å². The summed E-state index contributed by atoms with van der Waals surface area (Å²) in [5.41, 5.74) is 4.07. The van der Waals surface area contributed by atoms with Crippen LogP contribution in [0.5, 0.6) is 17.2 Å². The van der Waals surface area contributed by atoms with Crippen molar-refractivity contribution in [2.24, 2.45) is 0 Å². The lowest BCUT2D eigenvalue weighted by molar-refractivity contribution is 0.0984. The molecule has 5 rings (SSSR count). The van der Waals surface area contributed by atoms with Crippen LogP contribution in [0.3, 0.4) is 0 Å². The van der Waals surface area contributed by atoms with Crippen molar-refractivity contribution in [1.82, 2.24) is 4.98 Å². The van der Waals surface area contributed by atoms with Gasteiger partial charge in [-0.3, -0.25) is 4.79 Å². The quantitative estimate of drug-likeness (QED) is 0.363. The first kappa shape index (κ1) is 22.2. The molecule has 1 aliphatic heterocycles. The molecule has 34 heavy (non-hydrogen) atoms. The van der Waals surface area contributed by atoms with E-state index in [0.717, 1.165) is 33.1 Å². The Bertz CT molecular complexity index is 1410. The molecule has 3 aromatic carbocycles. The predicted molar refractivity (Wildman–Crippen MR) is 137 cm³/mol. The Balaban J connectivity index is 1.65. The zero-order valence-corrected chi connectivity index (χ0v) is 20.2. The molecule has 0 spiro atoms. The van der Waals surface area contributed by atoms with Crippen molar-refractivity contribution in [3.05, 3.63) is 53.7 Å². The van der Waals surface area contributed by atoms with Gasteiger partial charge in [0.1, 0.15) is 5.69 Å². The fraction of sp³-hybridized carbons (Fsp3) is 0.269. The minimum atomic E-state index is -0.137. The third kappa shape index (κ3) is 3.22. The van der Waals surface area contributed by atoms with Gasteiger partial charge in [0.05, 0.1) is 32.5 Å². The number of nitrogens with one attached hydrogen (secondary N) is 2. The van der Waals surface area contributed by atoms with E-state index in [0.29, 0.717) is 40.9 Å². The Labute approximate surface area is 202 Å². The Kier molecular flexibility index (Phi) is 5.65. The number of hydrogen-bond acceptors (Lipinski definition) is 5. The summed E-state index contributed by atoms with van der Waals surface area (Å²) < 4.78 is 16.5. The zero-order valence-electron chi connectivity index (χ0n) is 19.5. The number of halogens is 1. The van der Waals surface area contributed by atoms with Crippen LogP contribution in [0.25, 0.3) is 21.7 Å². The van der Waals surface area contributed by atoms with Gasteiger partial charge in [0.25, 0.3) is 5.91 Å². The number of carbonyl (C=O) groups is 1. The summed E-state index contributed by atoms with van der Waals surface area (Å²) in [7, 11) is 6.57. The molecule has 0 bridgehead atoms. The highest BCUT2D eigenvalue weighted by atomic mass is 35.5. The Morgan fingerprint density at radius 3 is 2.47 bits per heavy atom. The Hall–Kier alpha value is -3.58. The van der Waals surface area contributed by atoms with E-state index in [2.05, 4.69) is 22.4 Å². The Morgan fingerprint density at radius 1 is 1.09 bits per heavy atom. The highest BCUT2D eigenvalue weighted by Gasteiger charge is 2.35. The molecular formula is C26H26ClN3O4. The van der Waals surface area contributed by atoms with E-state index < -0.39 is 0 Å². The topological polar surface area (TPSA) is 75.8 Å². The SMILES string of the molecule is CNc1cc2c(c3ccccc13)C(CCl)CN2C(=O)c1cc2cc(OC)c(OC)c(OC)c2[nH]1. The van der Waals surface area contributed by atoms with Crippen LogP contribution in [0.1, 0.15) is 22.0 Å². The fourth-order valence-corrected chi connectivity index (χ4v) is 5.23. The van der Waals surface area contributed by atoms with Gasteiger partial charge in [-0.15, -0.1) is 11.6 Å². The molecule has 8 heteroatoms. The van der Waals surface area contributed by atoms with Crippen LogP contribution in [0.4, 0.5) is 11.4 Å². The molecule has 1 aliphatic rings. The molecule has 0 aliphatic carbocycles. The summed E-state index contributed by atoms with van der Waals surface area (Å²) >= 11 is 6.39. The molecule has 4 aromatic rings. The molecule has 7 nitrogen and oxygen atoms in total. The van der Waals surface area contributed by atoms with Crippen LogP contribution in [0, 0.1) is 0 Å². The molecule has 0 saturated carbocycles. The maximum Gasteiger partial charge on any atom is 0.274 e. The van der Waals surface area contributed by atoms with Crippen molar-refractivity contribution < 1.29 is 19.0 Å². The zero-order chi connectivity index (χ0) is 24.0. The van der Waals surface area contributed by atoms with E-state index in [9.17, 15) is 4.79 Å². The lowest BCUT2D eigenvalue weighted by atomic mass is 9.95. The molecular weight excluding hydrogens is 454 g/mol. The van der Waals surface area contributed by atoms with Gasteiger partial charge in [-0.05, 0) is 29.1 Å². The Morgan fingerprint density at radius 2 is 1.82 bits per heavy atom. The van der Waals surface area contributed by atoms with Crippen LogP contribution in [0.2, 0.25) is 0 Å². The number of carbonyl (C=O) groups excluding carboxylic acids is 1. The number of amides is 1. The molecule has 1 aromatic heterocycles. The van der Waals surface area contributed by atoms with Gasteiger partial charge in [-0.1, -0.05) is 24.3 Å². The number of ether oxygens (including phenoxy) is 3. The van der Waals surface area contributed by atoms with Gasteiger partial charge < -0.3 is 29.4 Å². The van der Waals surface area contributed by atoms with Crippen LogP contribution in [0.15, 0.2) is 42.5 Å². The first-order valence-electron chi connectivity index (χ1n) is 11.0. The first-order chi connectivity index (χ1) is 16.6. The minimum Gasteiger partial charge on any atom is -0.493 e. The number of alkyl halides is 1. The number of benzene rings is 3. The van der Waals surface area contributed by atoms with Crippen molar-refractivity contribution in [2.45, 2.75) is 5.92 Å². The summed E-state index contributed by atoms with van der Waals surface area (Å²) in [4.78, 5) is 18.9. The molecule has 2 N–H and O–H groups in total. The van der Waals surface area contributed by atoms with E-state index in [1.165, 1.54) is 0 Å². The lowest BCUT2D eigenvalue weighted by Gasteiger charge is -2.18. The van der Waals surface area contributed by atoms with Crippen molar-refractivity contribution in [3.8, 4) is 17.2 Å². The minimum absolute atomic E-state index is 0.0375. The molecule has 1 amide bonds. The molecule has 1 unspecified atom stereocenters. The summed E-state index contributed by atoms with van der Waals surface area (Å²) in [6.45, 7) is 0.508. The summed E-state index contributed by atoms with van der Waals surface area (Å²) in [5.74, 6) is 1.81. The lowest BCUT2D eigenvalue weighted by Crippen LogP contribution is -2.30. The summed E-state index contributed by atoms with van der Waals surface area (Å²) in [6, 6.07) is 13.9. The number of rotatable bonds is 6. The first-order valence-corrected chi connectivity index (χ1v) is 11.5. The van der Waals surface area contributed by atoms with Crippen molar-refractivity contribution in [3.63, 3.8) is 0 Å². The highest BCUT2D eigenvalue weighted by molar-refractivity contribution is 6.19. The average Bonchev–Trinajstić information content (AvgIpc) is 3.47. The number of H-pyrrole nitrogens is 1. The van der Waals surface area contributed by atoms with Crippen LogP contribution >= 0.6 is 11.6 Å². The number of methoxy groups -OCH3 is 3. The van der Waals surface area contributed by atoms with Gasteiger partial charge in [-0.25, -0.2) is 0 Å². The molecule has 2 heterocycles. The normalized spacial score (nSPS) is 15.0. The van der Waals surface area contributed by atoms with Gasteiger partial charge in [0.15, 0.2) is 11.5 Å². The third-order valence-electron chi connectivity index (χ3n) is 6.52. The third-order valence-corrected chi connectivity index (χ3v) is 6.89. The van der Waals surface area contributed by atoms with Crippen LogP contribution in [-0.4, -0.2) is 51.7 Å². The van der Waals surface area contributed by atoms with Gasteiger partial charge in [0, 0.05) is 41.9 Å². The molecule has 0 radical (unpaired) electrons. The summed E-state index contributed by atoms with van der Waals surface area (Å²) in [5, 5.41) is 6.29. The number of fused-ring (bicyclic) bond motifs is 4. The van der Waals surface area contributed by atoms with E-state index in [1.807, 2.05) is 37.4 Å². The van der Waals surface area contributed by atoms with Crippen LogP contribution in [-0.2, 0) is 0 Å². The second kappa shape index (κ2) is 8.65. The molecule has 176 valence electrons. The second-order valence-corrected chi connectivity index (χ2v) is 8.52.